The van der Waals surface area contributed by atoms with Gasteiger partial charge >= 0.3 is 17.8 Å². The van der Waals surface area contributed by atoms with E-state index in [2.05, 4.69) is 15.8 Å². The van der Waals surface area contributed by atoms with Crippen LogP contribution in [0.1, 0.15) is 15.9 Å². The van der Waals surface area contributed by atoms with E-state index < -0.39 is 17.8 Å². The predicted octanol–water partition coefficient (Wildman–Crippen LogP) is 4.16. The number of hydrazone groups is 1. The standard InChI is InChI=1S/C27H21N3O5/c1-34-21-12-7-11-20(16-21)29-25(31)26(32)30-28-17-23-22-13-6-5-8-18(22)14-15-24(23)35-27(33)19-9-3-2-4-10-19/h2-17H,1H3,(H,29,31)(H,30,32)/b28-17+. The summed E-state index contributed by atoms with van der Waals surface area (Å²) in [6.45, 7) is 0. The van der Waals surface area contributed by atoms with Crippen LogP contribution in [0, 0.1) is 0 Å². The summed E-state index contributed by atoms with van der Waals surface area (Å²) in [4.78, 5) is 37.1. The Morgan fingerprint density at radius 2 is 1.60 bits per heavy atom. The van der Waals surface area contributed by atoms with Crippen molar-refractivity contribution in [2.24, 2.45) is 5.10 Å². The van der Waals surface area contributed by atoms with Gasteiger partial charge in [-0.15, -0.1) is 0 Å². The van der Waals surface area contributed by atoms with Crippen LogP contribution in [0.3, 0.4) is 0 Å². The van der Waals surface area contributed by atoms with Gasteiger partial charge in [0.1, 0.15) is 11.5 Å². The molecule has 0 aliphatic carbocycles. The van der Waals surface area contributed by atoms with Crippen LogP contribution in [0.4, 0.5) is 5.69 Å². The van der Waals surface area contributed by atoms with E-state index in [-0.39, 0.29) is 5.75 Å². The first kappa shape index (κ1) is 23.2. The number of rotatable bonds is 6. The van der Waals surface area contributed by atoms with E-state index in [1.165, 1.54) is 13.3 Å². The average Bonchev–Trinajstić information content (AvgIpc) is 2.90. The number of carbonyl (C=O) groups excluding carboxylic acids is 3. The van der Waals surface area contributed by atoms with Crippen molar-refractivity contribution in [2.45, 2.75) is 0 Å². The Kier molecular flexibility index (Phi) is 7.13. The third-order valence-corrected chi connectivity index (χ3v) is 5.04. The van der Waals surface area contributed by atoms with Crippen molar-refractivity contribution >= 4 is 40.5 Å². The van der Waals surface area contributed by atoms with E-state index in [1.807, 2.05) is 30.3 Å². The van der Waals surface area contributed by atoms with Gasteiger partial charge in [0, 0.05) is 17.3 Å². The number of hydrogen-bond acceptors (Lipinski definition) is 6. The first-order valence-corrected chi connectivity index (χ1v) is 10.6. The Bertz CT molecular complexity index is 1420. The summed E-state index contributed by atoms with van der Waals surface area (Å²) >= 11 is 0. The van der Waals surface area contributed by atoms with E-state index >= 15 is 0 Å². The lowest BCUT2D eigenvalue weighted by molar-refractivity contribution is -0.136. The molecule has 0 fully saturated rings. The highest BCUT2D eigenvalue weighted by Crippen LogP contribution is 2.27. The SMILES string of the molecule is COc1cccc(NC(=O)C(=O)N/N=C/c2c(OC(=O)c3ccccc3)ccc3ccccc23)c1. The van der Waals surface area contributed by atoms with Gasteiger partial charge in [-0.05, 0) is 41.1 Å². The summed E-state index contributed by atoms with van der Waals surface area (Å²) in [5.74, 6) is -1.60. The minimum atomic E-state index is -0.966. The molecule has 35 heavy (non-hydrogen) atoms. The number of amides is 2. The van der Waals surface area contributed by atoms with Gasteiger partial charge in [-0.2, -0.15) is 5.10 Å². The molecule has 0 spiro atoms. The van der Waals surface area contributed by atoms with Gasteiger partial charge in [-0.1, -0.05) is 54.6 Å². The molecule has 0 aliphatic heterocycles. The normalized spacial score (nSPS) is 10.7. The second kappa shape index (κ2) is 10.8. The number of benzene rings is 4. The van der Waals surface area contributed by atoms with Crippen LogP contribution in [0.2, 0.25) is 0 Å². The number of esters is 1. The van der Waals surface area contributed by atoms with Crippen molar-refractivity contribution in [3.05, 3.63) is 102 Å². The smallest absolute Gasteiger partial charge is 0.343 e. The molecule has 0 atom stereocenters. The number of anilines is 1. The van der Waals surface area contributed by atoms with Gasteiger partial charge in [-0.25, -0.2) is 10.2 Å². The number of methoxy groups -OCH3 is 1. The average molecular weight is 467 g/mol. The van der Waals surface area contributed by atoms with Crippen LogP contribution >= 0.6 is 0 Å². The van der Waals surface area contributed by atoms with Crippen LogP contribution in [0.15, 0.2) is 96.1 Å². The third-order valence-electron chi connectivity index (χ3n) is 5.04. The molecule has 0 saturated heterocycles. The fourth-order valence-corrected chi connectivity index (χ4v) is 3.33. The van der Waals surface area contributed by atoms with Crippen molar-refractivity contribution in [3.63, 3.8) is 0 Å². The molecule has 0 heterocycles. The number of hydrogen-bond donors (Lipinski definition) is 2. The lowest BCUT2D eigenvalue weighted by atomic mass is 10.0. The Morgan fingerprint density at radius 1 is 0.829 bits per heavy atom. The summed E-state index contributed by atoms with van der Waals surface area (Å²) in [5, 5.41) is 8.04. The van der Waals surface area contributed by atoms with Crippen LogP contribution in [-0.4, -0.2) is 31.1 Å². The minimum Gasteiger partial charge on any atom is -0.497 e. The first-order chi connectivity index (χ1) is 17.0. The van der Waals surface area contributed by atoms with Gasteiger partial charge in [0.05, 0.1) is 18.9 Å². The van der Waals surface area contributed by atoms with Crippen LogP contribution in [0.25, 0.3) is 10.8 Å². The topological polar surface area (TPSA) is 106 Å². The number of nitrogens with one attached hydrogen (secondary N) is 2. The highest BCUT2D eigenvalue weighted by atomic mass is 16.5. The molecule has 8 nitrogen and oxygen atoms in total. The van der Waals surface area contributed by atoms with E-state index in [1.54, 1.807) is 60.7 Å². The predicted molar refractivity (Wildman–Crippen MR) is 133 cm³/mol. The molecule has 0 radical (unpaired) electrons. The first-order valence-electron chi connectivity index (χ1n) is 10.6. The zero-order valence-corrected chi connectivity index (χ0v) is 18.7. The van der Waals surface area contributed by atoms with Crippen LogP contribution in [-0.2, 0) is 9.59 Å². The molecule has 8 heteroatoms. The maximum Gasteiger partial charge on any atom is 0.343 e. The quantitative estimate of drug-likeness (QED) is 0.146. The Hall–Kier alpha value is -4.98. The molecule has 4 aromatic rings. The second-order valence-electron chi connectivity index (χ2n) is 7.34. The number of carbonyl (C=O) groups is 3. The third kappa shape index (κ3) is 5.69. The lowest BCUT2D eigenvalue weighted by Crippen LogP contribution is -2.32. The van der Waals surface area contributed by atoms with Crippen molar-refractivity contribution in [3.8, 4) is 11.5 Å². The Balaban J connectivity index is 1.52. The molecule has 4 rings (SSSR count). The minimum absolute atomic E-state index is 0.261. The molecule has 174 valence electrons. The van der Waals surface area contributed by atoms with Crippen LogP contribution < -0.4 is 20.2 Å². The van der Waals surface area contributed by atoms with E-state index in [0.29, 0.717) is 22.6 Å². The van der Waals surface area contributed by atoms with E-state index in [4.69, 9.17) is 9.47 Å². The summed E-state index contributed by atoms with van der Waals surface area (Å²) in [6.07, 6.45) is 1.34. The molecular weight excluding hydrogens is 446 g/mol. The molecule has 2 N–H and O–H groups in total. The molecule has 0 aromatic heterocycles. The number of fused-ring (bicyclic) bond motifs is 1. The van der Waals surface area contributed by atoms with Crippen molar-refractivity contribution < 1.29 is 23.9 Å². The summed E-state index contributed by atoms with van der Waals surface area (Å²) in [6, 6.07) is 26.1. The number of ether oxygens (including phenoxy) is 2. The van der Waals surface area contributed by atoms with Gasteiger partial charge < -0.3 is 14.8 Å². The second-order valence-corrected chi connectivity index (χ2v) is 7.34. The monoisotopic (exact) mass is 467 g/mol. The molecular formula is C27H21N3O5. The van der Waals surface area contributed by atoms with Gasteiger partial charge in [0.2, 0.25) is 0 Å². The number of nitrogens with zero attached hydrogens (tertiary/aromatic N) is 1. The zero-order valence-electron chi connectivity index (χ0n) is 18.7. The highest BCUT2D eigenvalue weighted by molar-refractivity contribution is 6.39. The maximum absolute atomic E-state index is 12.6. The largest absolute Gasteiger partial charge is 0.497 e. The van der Waals surface area contributed by atoms with Crippen molar-refractivity contribution in [2.75, 3.05) is 12.4 Å². The summed E-state index contributed by atoms with van der Waals surface area (Å²) in [7, 11) is 1.50. The van der Waals surface area contributed by atoms with Crippen molar-refractivity contribution in [1.29, 1.82) is 0 Å². The fraction of sp³-hybridized carbons (Fsp3) is 0.0370. The fourth-order valence-electron chi connectivity index (χ4n) is 3.33. The van der Waals surface area contributed by atoms with Gasteiger partial charge in [0.15, 0.2) is 0 Å². The summed E-state index contributed by atoms with van der Waals surface area (Å²) < 4.78 is 10.7. The maximum atomic E-state index is 12.6. The van der Waals surface area contributed by atoms with Gasteiger partial charge in [0.25, 0.3) is 0 Å². The summed E-state index contributed by atoms with van der Waals surface area (Å²) in [5.41, 5.74) is 3.47. The molecule has 2 amide bonds. The van der Waals surface area contributed by atoms with Gasteiger partial charge in [-0.3, -0.25) is 9.59 Å². The lowest BCUT2D eigenvalue weighted by Gasteiger charge is -2.10. The van der Waals surface area contributed by atoms with E-state index in [0.717, 1.165) is 10.8 Å². The zero-order chi connectivity index (χ0) is 24.6. The highest BCUT2D eigenvalue weighted by Gasteiger charge is 2.15. The Morgan fingerprint density at radius 3 is 2.40 bits per heavy atom. The molecule has 0 saturated carbocycles. The van der Waals surface area contributed by atoms with E-state index in [9.17, 15) is 14.4 Å². The van der Waals surface area contributed by atoms with Crippen LogP contribution in [0.5, 0.6) is 11.5 Å². The molecule has 4 aromatic carbocycles. The molecule has 0 aliphatic rings. The Labute approximate surface area is 201 Å². The van der Waals surface area contributed by atoms with Crippen molar-refractivity contribution in [1.82, 2.24) is 5.43 Å². The molecule has 0 bridgehead atoms. The molecule has 0 unspecified atom stereocenters.